The van der Waals surface area contributed by atoms with Gasteiger partial charge in [-0.05, 0) is 53.5 Å². The maximum atomic E-state index is 14.5. The lowest BCUT2D eigenvalue weighted by atomic mass is 9.95. The van der Waals surface area contributed by atoms with Gasteiger partial charge in [-0.1, -0.05) is 63.9 Å². The van der Waals surface area contributed by atoms with Crippen LogP contribution in [0.25, 0.3) is 0 Å². The number of alkyl halides is 1. The van der Waals surface area contributed by atoms with Gasteiger partial charge in [-0.15, -0.1) is 0 Å². The van der Waals surface area contributed by atoms with Crippen molar-refractivity contribution >= 4 is 27.5 Å². The van der Waals surface area contributed by atoms with Crippen molar-refractivity contribution in [1.29, 1.82) is 0 Å². The molecule has 2 aromatic carbocycles. The van der Waals surface area contributed by atoms with Gasteiger partial charge in [0.15, 0.2) is 6.17 Å². The summed E-state index contributed by atoms with van der Waals surface area (Å²) >= 11 is 9.59. The summed E-state index contributed by atoms with van der Waals surface area (Å²) in [6, 6.07) is 14.9. The van der Waals surface area contributed by atoms with Crippen LogP contribution in [0.2, 0.25) is 5.02 Å². The maximum Gasteiger partial charge on any atom is 0.222 e. The predicted octanol–water partition coefficient (Wildman–Crippen LogP) is 5.38. The largest absolute Gasteiger partial charge is 0.360 e. The summed E-state index contributed by atoms with van der Waals surface area (Å²) < 4.78 is 20.9. The first-order valence-electron chi connectivity index (χ1n) is 7.84. The standard InChI is InChI=1S/C20H17BrClFO2/c21-17-6-7-18(22)16(12-17)10-15-8-9-20(24,19(23)11-15)25-13-14-4-2-1-3-5-14/h1-9,11-12,19,24H,10,13H2. The lowest BCUT2D eigenvalue weighted by molar-refractivity contribution is -0.203. The average molecular weight is 424 g/mol. The van der Waals surface area contributed by atoms with Crippen molar-refractivity contribution in [1.82, 2.24) is 0 Å². The molecule has 0 fully saturated rings. The second-order valence-corrected chi connectivity index (χ2v) is 7.24. The number of aliphatic hydroxyl groups is 1. The number of halogens is 3. The smallest absolute Gasteiger partial charge is 0.222 e. The van der Waals surface area contributed by atoms with Crippen LogP contribution in [0.3, 0.4) is 0 Å². The summed E-state index contributed by atoms with van der Waals surface area (Å²) in [5, 5.41) is 11.0. The summed E-state index contributed by atoms with van der Waals surface area (Å²) in [6.07, 6.45) is 3.24. The molecule has 0 spiro atoms. The zero-order valence-electron chi connectivity index (χ0n) is 13.3. The SMILES string of the molecule is OC1(OCc2ccccc2)C=CC(Cc2cc(Br)ccc2Cl)=CC1F. The third-order valence-corrected chi connectivity index (χ3v) is 4.87. The highest BCUT2D eigenvalue weighted by molar-refractivity contribution is 9.10. The van der Waals surface area contributed by atoms with Gasteiger partial charge in [-0.3, -0.25) is 0 Å². The zero-order valence-corrected chi connectivity index (χ0v) is 15.7. The molecule has 0 heterocycles. The van der Waals surface area contributed by atoms with Crippen molar-refractivity contribution in [2.75, 3.05) is 0 Å². The Morgan fingerprint density at radius 3 is 2.68 bits per heavy atom. The topological polar surface area (TPSA) is 29.5 Å². The van der Waals surface area contributed by atoms with Gasteiger partial charge in [0.25, 0.3) is 0 Å². The molecule has 130 valence electrons. The molecular weight excluding hydrogens is 407 g/mol. The van der Waals surface area contributed by atoms with E-state index in [4.69, 9.17) is 16.3 Å². The second-order valence-electron chi connectivity index (χ2n) is 5.92. The molecule has 5 heteroatoms. The molecular formula is C20H17BrClFO2. The van der Waals surface area contributed by atoms with Crippen LogP contribution in [0.15, 0.2) is 76.8 Å². The quantitative estimate of drug-likeness (QED) is 0.654. The Morgan fingerprint density at radius 2 is 1.96 bits per heavy atom. The van der Waals surface area contributed by atoms with Gasteiger partial charge in [-0.25, -0.2) is 4.39 Å². The normalized spacial score (nSPS) is 22.7. The fourth-order valence-electron chi connectivity index (χ4n) is 2.60. The highest BCUT2D eigenvalue weighted by Crippen LogP contribution is 2.30. The minimum absolute atomic E-state index is 0.128. The van der Waals surface area contributed by atoms with Crippen molar-refractivity contribution in [3.63, 3.8) is 0 Å². The van der Waals surface area contributed by atoms with E-state index >= 15 is 0 Å². The van der Waals surface area contributed by atoms with Gasteiger partial charge in [-0.2, -0.15) is 0 Å². The molecule has 25 heavy (non-hydrogen) atoms. The average Bonchev–Trinajstić information content (AvgIpc) is 2.61. The molecule has 1 aliphatic carbocycles. The second kappa shape index (κ2) is 7.83. The number of allylic oxidation sites excluding steroid dienone is 2. The zero-order chi connectivity index (χ0) is 17.9. The first-order valence-corrected chi connectivity index (χ1v) is 9.01. The summed E-state index contributed by atoms with van der Waals surface area (Å²) in [5.41, 5.74) is 2.49. The molecule has 1 aliphatic rings. The molecule has 2 nitrogen and oxygen atoms in total. The summed E-state index contributed by atoms with van der Waals surface area (Å²) in [4.78, 5) is 0. The van der Waals surface area contributed by atoms with Crippen LogP contribution < -0.4 is 0 Å². The highest BCUT2D eigenvalue weighted by atomic mass is 79.9. The molecule has 2 atom stereocenters. The molecule has 0 amide bonds. The highest BCUT2D eigenvalue weighted by Gasteiger charge is 2.37. The third-order valence-electron chi connectivity index (χ3n) is 4.01. The lowest BCUT2D eigenvalue weighted by Gasteiger charge is -2.30. The van der Waals surface area contributed by atoms with Gasteiger partial charge in [0, 0.05) is 9.50 Å². The Bertz CT molecular complexity index is 807. The number of ether oxygens (including phenoxy) is 1. The molecule has 3 rings (SSSR count). The van der Waals surface area contributed by atoms with E-state index in [1.807, 2.05) is 42.5 Å². The molecule has 0 radical (unpaired) electrons. The summed E-state index contributed by atoms with van der Waals surface area (Å²) in [7, 11) is 0. The van der Waals surface area contributed by atoms with Crippen LogP contribution in [0.5, 0.6) is 0 Å². The van der Waals surface area contributed by atoms with E-state index in [2.05, 4.69) is 15.9 Å². The van der Waals surface area contributed by atoms with E-state index in [0.29, 0.717) is 11.4 Å². The fourth-order valence-corrected chi connectivity index (χ4v) is 3.19. The van der Waals surface area contributed by atoms with E-state index < -0.39 is 12.0 Å². The Balaban J connectivity index is 1.68. The minimum atomic E-state index is -1.96. The van der Waals surface area contributed by atoms with Crippen LogP contribution in [-0.4, -0.2) is 17.1 Å². The van der Waals surface area contributed by atoms with Crippen LogP contribution in [0.4, 0.5) is 4.39 Å². The number of hydrogen-bond donors (Lipinski definition) is 1. The van der Waals surface area contributed by atoms with E-state index in [-0.39, 0.29) is 6.61 Å². The van der Waals surface area contributed by atoms with Crippen LogP contribution in [0, 0.1) is 0 Å². The molecule has 0 aromatic heterocycles. The van der Waals surface area contributed by atoms with Crippen molar-refractivity contribution < 1.29 is 14.2 Å². The van der Waals surface area contributed by atoms with Gasteiger partial charge >= 0.3 is 0 Å². The number of benzene rings is 2. The first-order chi connectivity index (χ1) is 12.0. The van der Waals surface area contributed by atoms with Crippen molar-refractivity contribution in [3.05, 3.63) is 93.0 Å². The molecule has 2 aromatic rings. The number of hydrogen-bond acceptors (Lipinski definition) is 2. The molecule has 2 unspecified atom stereocenters. The molecule has 1 N–H and O–H groups in total. The van der Waals surface area contributed by atoms with Crippen LogP contribution in [-0.2, 0) is 17.8 Å². The Kier molecular flexibility index (Phi) is 5.74. The monoisotopic (exact) mass is 422 g/mol. The van der Waals surface area contributed by atoms with E-state index in [1.54, 1.807) is 12.1 Å². The lowest BCUT2D eigenvalue weighted by Crippen LogP contribution is -2.41. The van der Waals surface area contributed by atoms with Crippen molar-refractivity contribution in [2.24, 2.45) is 0 Å². The molecule has 0 aliphatic heterocycles. The molecule has 0 saturated carbocycles. The Labute approximate surface area is 159 Å². The fraction of sp³-hybridized carbons (Fsp3) is 0.200. The third kappa shape index (κ3) is 4.59. The molecule has 0 bridgehead atoms. The van der Waals surface area contributed by atoms with Gasteiger partial charge in [0.05, 0.1) is 6.61 Å². The predicted molar refractivity (Wildman–Crippen MR) is 101 cm³/mol. The van der Waals surface area contributed by atoms with Gasteiger partial charge in [0.1, 0.15) is 0 Å². The van der Waals surface area contributed by atoms with Crippen molar-refractivity contribution in [3.8, 4) is 0 Å². The van der Waals surface area contributed by atoms with Crippen LogP contribution in [0.1, 0.15) is 11.1 Å². The first kappa shape index (κ1) is 18.3. The summed E-state index contributed by atoms with van der Waals surface area (Å²) in [6.45, 7) is 0.128. The molecule has 0 saturated heterocycles. The van der Waals surface area contributed by atoms with Crippen molar-refractivity contribution in [2.45, 2.75) is 25.0 Å². The Hall–Kier alpha value is -1.46. The number of rotatable bonds is 5. The van der Waals surface area contributed by atoms with E-state index in [0.717, 1.165) is 21.2 Å². The van der Waals surface area contributed by atoms with E-state index in [9.17, 15) is 9.50 Å². The van der Waals surface area contributed by atoms with Gasteiger partial charge in [0.2, 0.25) is 5.79 Å². The summed E-state index contributed by atoms with van der Waals surface area (Å²) in [5.74, 6) is -1.96. The van der Waals surface area contributed by atoms with Crippen LogP contribution >= 0.6 is 27.5 Å². The Morgan fingerprint density at radius 1 is 1.20 bits per heavy atom. The van der Waals surface area contributed by atoms with Gasteiger partial charge < -0.3 is 9.84 Å². The maximum absolute atomic E-state index is 14.5. The minimum Gasteiger partial charge on any atom is -0.360 e. The van der Waals surface area contributed by atoms with E-state index in [1.165, 1.54) is 12.2 Å².